The zero-order chi connectivity index (χ0) is 15.4. The second kappa shape index (κ2) is 6.45. The Morgan fingerprint density at radius 2 is 2.05 bits per heavy atom. The van der Waals surface area contributed by atoms with E-state index in [-0.39, 0.29) is 30.4 Å². The van der Waals surface area contributed by atoms with E-state index in [4.69, 9.17) is 5.73 Å². The van der Waals surface area contributed by atoms with Gasteiger partial charge in [-0.25, -0.2) is 9.07 Å². The van der Waals surface area contributed by atoms with Gasteiger partial charge in [-0.2, -0.15) is 0 Å². The summed E-state index contributed by atoms with van der Waals surface area (Å²) in [7, 11) is 0. The highest BCUT2D eigenvalue weighted by atomic mass is 19.1. The van der Waals surface area contributed by atoms with Crippen molar-refractivity contribution >= 4 is 5.91 Å². The van der Waals surface area contributed by atoms with E-state index in [1.54, 1.807) is 25.3 Å². The third kappa shape index (κ3) is 4.09. The molecule has 3 N–H and O–H groups in total. The molecule has 0 aliphatic rings. The molecule has 2 atom stereocenters. The monoisotopic (exact) mass is 291 g/mol. The van der Waals surface area contributed by atoms with Gasteiger partial charge in [0.25, 0.3) is 0 Å². The Bertz CT molecular complexity index is 608. The maximum Gasteiger partial charge on any atom is 0.242 e. The van der Waals surface area contributed by atoms with E-state index in [1.807, 2.05) is 6.92 Å². The van der Waals surface area contributed by atoms with E-state index >= 15 is 0 Å². The van der Waals surface area contributed by atoms with Crippen LogP contribution in [0.2, 0.25) is 0 Å². The molecule has 0 saturated carbocycles. The van der Waals surface area contributed by atoms with Crippen molar-refractivity contribution < 1.29 is 9.18 Å². The fourth-order valence-electron chi connectivity index (χ4n) is 1.87. The average molecular weight is 291 g/mol. The topological polar surface area (TPSA) is 85.8 Å². The average Bonchev–Trinajstić information content (AvgIpc) is 2.87. The number of nitrogens with one attached hydrogen (secondary N) is 1. The zero-order valence-corrected chi connectivity index (χ0v) is 12.0. The van der Waals surface area contributed by atoms with Crippen LogP contribution >= 0.6 is 0 Å². The minimum absolute atomic E-state index is 0.0608. The first-order valence-corrected chi connectivity index (χ1v) is 6.66. The van der Waals surface area contributed by atoms with Crippen molar-refractivity contribution in [3.05, 3.63) is 47.5 Å². The van der Waals surface area contributed by atoms with Crippen LogP contribution in [-0.4, -0.2) is 20.9 Å². The van der Waals surface area contributed by atoms with Gasteiger partial charge in [-0.05, 0) is 31.5 Å². The van der Waals surface area contributed by atoms with E-state index in [0.717, 1.165) is 5.56 Å². The minimum Gasteiger partial charge on any atom is -0.348 e. The zero-order valence-electron chi connectivity index (χ0n) is 12.0. The lowest BCUT2D eigenvalue weighted by Gasteiger charge is -2.14. The largest absolute Gasteiger partial charge is 0.348 e. The number of hydrogen-bond acceptors (Lipinski definition) is 4. The lowest BCUT2D eigenvalue weighted by atomic mass is 10.1. The second-order valence-electron chi connectivity index (χ2n) is 4.97. The number of halogens is 1. The fraction of sp³-hybridized carbons (Fsp3) is 0.357. The molecular formula is C14H18FN5O. The number of aromatic nitrogens is 3. The number of nitrogens with zero attached hydrogens (tertiary/aromatic N) is 3. The summed E-state index contributed by atoms with van der Waals surface area (Å²) in [5.41, 5.74) is 7.15. The van der Waals surface area contributed by atoms with Gasteiger partial charge >= 0.3 is 0 Å². The molecule has 0 saturated heterocycles. The Hall–Kier alpha value is -2.28. The Morgan fingerprint density at radius 1 is 1.38 bits per heavy atom. The summed E-state index contributed by atoms with van der Waals surface area (Å²) in [5, 5.41) is 10.5. The third-order valence-electron chi connectivity index (χ3n) is 3.08. The van der Waals surface area contributed by atoms with Crippen LogP contribution in [0.3, 0.4) is 0 Å². The fourth-order valence-corrected chi connectivity index (χ4v) is 1.87. The molecule has 0 aliphatic heterocycles. The van der Waals surface area contributed by atoms with Crippen LogP contribution in [0.25, 0.3) is 0 Å². The highest BCUT2D eigenvalue weighted by Gasteiger charge is 2.12. The molecular weight excluding hydrogens is 273 g/mol. The molecule has 7 heteroatoms. The van der Waals surface area contributed by atoms with Gasteiger partial charge in [0, 0.05) is 6.04 Å². The first-order valence-electron chi connectivity index (χ1n) is 6.66. The minimum atomic E-state index is -0.302. The van der Waals surface area contributed by atoms with Gasteiger partial charge in [-0.1, -0.05) is 17.3 Å². The SMILES string of the molecule is CC(N)c1cn(CC(=O)NC(C)c2ccc(F)cc2)nn1. The van der Waals surface area contributed by atoms with Gasteiger partial charge in [0.15, 0.2) is 0 Å². The van der Waals surface area contributed by atoms with E-state index in [9.17, 15) is 9.18 Å². The van der Waals surface area contributed by atoms with Crippen molar-refractivity contribution in [3.63, 3.8) is 0 Å². The maximum absolute atomic E-state index is 12.9. The lowest BCUT2D eigenvalue weighted by molar-refractivity contribution is -0.122. The van der Waals surface area contributed by atoms with Crippen molar-refractivity contribution in [2.45, 2.75) is 32.5 Å². The molecule has 2 aromatic rings. The van der Waals surface area contributed by atoms with Crippen molar-refractivity contribution in [2.24, 2.45) is 5.73 Å². The van der Waals surface area contributed by atoms with Gasteiger partial charge in [0.2, 0.25) is 5.91 Å². The van der Waals surface area contributed by atoms with Crippen molar-refractivity contribution in [2.75, 3.05) is 0 Å². The molecule has 112 valence electrons. The van der Waals surface area contributed by atoms with Crippen LogP contribution in [0, 0.1) is 5.82 Å². The number of hydrogen-bond donors (Lipinski definition) is 2. The number of nitrogens with two attached hydrogens (primary N) is 1. The van der Waals surface area contributed by atoms with Gasteiger partial charge in [-0.15, -0.1) is 5.10 Å². The molecule has 1 amide bonds. The first kappa shape index (κ1) is 15.1. The normalized spacial score (nSPS) is 13.7. The van der Waals surface area contributed by atoms with Crippen molar-refractivity contribution in [1.29, 1.82) is 0 Å². The number of benzene rings is 1. The molecule has 21 heavy (non-hydrogen) atoms. The summed E-state index contributed by atoms with van der Waals surface area (Å²) in [6.45, 7) is 3.69. The molecule has 6 nitrogen and oxygen atoms in total. The number of amides is 1. The summed E-state index contributed by atoms with van der Waals surface area (Å²) in [6.07, 6.45) is 1.65. The Morgan fingerprint density at radius 3 is 2.62 bits per heavy atom. The summed E-state index contributed by atoms with van der Waals surface area (Å²) in [5.74, 6) is -0.503. The lowest BCUT2D eigenvalue weighted by Crippen LogP contribution is -2.30. The Kier molecular flexibility index (Phi) is 4.64. The van der Waals surface area contributed by atoms with Crippen LogP contribution in [0.15, 0.2) is 30.5 Å². The Labute approximate surface area is 122 Å². The van der Waals surface area contributed by atoms with Gasteiger partial charge < -0.3 is 11.1 Å². The smallest absolute Gasteiger partial charge is 0.242 e. The van der Waals surface area contributed by atoms with E-state index in [1.165, 1.54) is 16.8 Å². The summed E-state index contributed by atoms with van der Waals surface area (Å²) in [4.78, 5) is 11.9. The molecule has 0 spiro atoms. The predicted molar refractivity (Wildman–Crippen MR) is 75.6 cm³/mol. The van der Waals surface area contributed by atoms with E-state index < -0.39 is 0 Å². The van der Waals surface area contributed by atoms with Crippen LogP contribution in [0.1, 0.15) is 37.2 Å². The molecule has 1 aromatic heterocycles. The standard InChI is InChI=1S/C14H18FN5O/c1-9(16)13-7-20(19-18-13)8-14(21)17-10(2)11-3-5-12(15)6-4-11/h3-7,9-10H,8,16H2,1-2H3,(H,17,21). The van der Waals surface area contributed by atoms with Crippen molar-refractivity contribution in [1.82, 2.24) is 20.3 Å². The third-order valence-corrected chi connectivity index (χ3v) is 3.08. The highest BCUT2D eigenvalue weighted by molar-refractivity contribution is 5.76. The van der Waals surface area contributed by atoms with Gasteiger partial charge in [0.05, 0.1) is 17.9 Å². The quantitative estimate of drug-likeness (QED) is 0.870. The first-order chi connectivity index (χ1) is 9.95. The van der Waals surface area contributed by atoms with Crippen LogP contribution in [0.5, 0.6) is 0 Å². The number of carbonyl (C=O) groups is 1. The van der Waals surface area contributed by atoms with Gasteiger partial charge in [-0.3, -0.25) is 4.79 Å². The van der Waals surface area contributed by atoms with Crippen LogP contribution in [-0.2, 0) is 11.3 Å². The number of rotatable bonds is 5. The van der Waals surface area contributed by atoms with E-state index in [2.05, 4.69) is 15.6 Å². The van der Waals surface area contributed by atoms with Gasteiger partial charge in [0.1, 0.15) is 12.4 Å². The highest BCUT2D eigenvalue weighted by Crippen LogP contribution is 2.12. The summed E-state index contributed by atoms with van der Waals surface area (Å²) >= 11 is 0. The molecule has 1 aromatic carbocycles. The molecule has 0 fully saturated rings. The molecule has 2 rings (SSSR count). The molecule has 0 bridgehead atoms. The second-order valence-corrected chi connectivity index (χ2v) is 4.97. The molecule has 2 unspecified atom stereocenters. The van der Waals surface area contributed by atoms with Crippen LogP contribution in [0.4, 0.5) is 4.39 Å². The summed E-state index contributed by atoms with van der Waals surface area (Å²) in [6, 6.07) is 5.58. The van der Waals surface area contributed by atoms with Crippen molar-refractivity contribution in [3.8, 4) is 0 Å². The molecule has 1 heterocycles. The van der Waals surface area contributed by atoms with E-state index in [0.29, 0.717) is 5.69 Å². The summed E-state index contributed by atoms with van der Waals surface area (Å²) < 4.78 is 14.3. The number of carbonyl (C=O) groups excluding carboxylic acids is 1. The predicted octanol–water partition coefficient (Wildman–Crippen LogP) is 1.31. The molecule has 0 aliphatic carbocycles. The van der Waals surface area contributed by atoms with Crippen LogP contribution < -0.4 is 11.1 Å². The molecule has 0 radical (unpaired) electrons. The Balaban J connectivity index is 1.93. The maximum atomic E-state index is 12.9.